The van der Waals surface area contributed by atoms with Crippen molar-refractivity contribution in [2.45, 2.75) is 80.1 Å². The molecule has 9 heteroatoms. The number of hydrogen-bond acceptors (Lipinski definition) is 6. The first kappa shape index (κ1) is 25.0. The number of nitrogens with one attached hydrogen (secondary N) is 1. The second kappa shape index (κ2) is 9.53. The average molecular weight is 483 g/mol. The van der Waals surface area contributed by atoms with Gasteiger partial charge < -0.3 is 14.4 Å². The fraction of sp³-hybridized carbons (Fsp3) is 0.538. The molecule has 1 aliphatic heterocycles. The molecule has 0 spiro atoms. The lowest BCUT2D eigenvalue weighted by molar-refractivity contribution is 0.0873. The first-order valence-electron chi connectivity index (χ1n) is 12.2. The van der Waals surface area contributed by atoms with Gasteiger partial charge in [0.2, 0.25) is 5.89 Å². The van der Waals surface area contributed by atoms with E-state index in [0.717, 1.165) is 24.2 Å². The highest BCUT2D eigenvalue weighted by Gasteiger charge is 2.35. The van der Waals surface area contributed by atoms with Crippen LogP contribution in [0.1, 0.15) is 80.5 Å². The van der Waals surface area contributed by atoms with Crippen molar-refractivity contribution in [2.24, 2.45) is 5.41 Å². The first-order valence-corrected chi connectivity index (χ1v) is 12.2. The molecule has 1 aromatic carbocycles. The van der Waals surface area contributed by atoms with Crippen LogP contribution >= 0.6 is 0 Å². The lowest BCUT2D eigenvalue weighted by Crippen LogP contribution is -2.38. The normalized spacial score (nSPS) is 15.7. The van der Waals surface area contributed by atoms with Crippen molar-refractivity contribution in [3.05, 3.63) is 52.7 Å². The third-order valence-corrected chi connectivity index (χ3v) is 6.49. The van der Waals surface area contributed by atoms with Crippen molar-refractivity contribution < 1.29 is 13.7 Å². The smallest absolute Gasteiger partial charge is 0.272 e. The lowest BCUT2D eigenvalue weighted by Gasteiger charge is -2.28. The molecule has 1 amide bonds. The van der Waals surface area contributed by atoms with Crippen LogP contribution in [0.5, 0.6) is 0 Å². The molecule has 0 saturated carbocycles. The van der Waals surface area contributed by atoms with E-state index in [1.807, 2.05) is 38.3 Å². The largest absolute Gasteiger partial charge is 0.338 e. The molecule has 0 unspecified atom stereocenters. The number of benzene rings is 1. The summed E-state index contributed by atoms with van der Waals surface area (Å²) in [5, 5.41) is 6.98. The quantitative estimate of drug-likeness (QED) is 0.561. The number of carbonyl (C=O) groups is 1. The number of halogens is 1. The monoisotopic (exact) mass is 482 g/mol. The van der Waals surface area contributed by atoms with Crippen LogP contribution in [0, 0.1) is 25.1 Å². The van der Waals surface area contributed by atoms with E-state index in [2.05, 4.69) is 34.2 Å². The Labute approximate surface area is 205 Å². The van der Waals surface area contributed by atoms with Gasteiger partial charge in [0.15, 0.2) is 11.5 Å². The Morgan fingerprint density at radius 1 is 1.17 bits per heavy atom. The van der Waals surface area contributed by atoms with Gasteiger partial charge >= 0.3 is 0 Å². The molecule has 35 heavy (non-hydrogen) atoms. The fourth-order valence-corrected chi connectivity index (χ4v) is 4.50. The highest BCUT2D eigenvalue weighted by Crippen LogP contribution is 2.33. The maximum absolute atomic E-state index is 15.0. The summed E-state index contributed by atoms with van der Waals surface area (Å²) in [4.78, 5) is 25.2. The highest BCUT2D eigenvalue weighted by molar-refractivity contribution is 5.94. The second-order valence-corrected chi connectivity index (χ2v) is 10.7. The van der Waals surface area contributed by atoms with E-state index < -0.39 is 6.04 Å². The molecule has 1 aliphatic rings. The summed E-state index contributed by atoms with van der Waals surface area (Å²) in [6.45, 7) is 16.0. The summed E-state index contributed by atoms with van der Waals surface area (Å²) in [5.74, 6) is 0.651. The SMILES string of the molecule is Cc1ccc(-c2nc(C(=O)N[C@H](c3nc(C)no3)C(C)(C)C)c3n2CCCN(C(C)C)C3)c(F)c1. The third kappa shape index (κ3) is 5.15. The number of fused-ring (bicyclic) bond motifs is 1. The van der Waals surface area contributed by atoms with Gasteiger partial charge in [-0.2, -0.15) is 4.98 Å². The van der Waals surface area contributed by atoms with Crippen LogP contribution in [0.4, 0.5) is 4.39 Å². The van der Waals surface area contributed by atoms with E-state index >= 15 is 4.39 Å². The summed E-state index contributed by atoms with van der Waals surface area (Å²) >= 11 is 0. The van der Waals surface area contributed by atoms with Crippen molar-refractivity contribution in [1.29, 1.82) is 0 Å². The molecular weight excluding hydrogens is 447 g/mol. The molecule has 0 aliphatic carbocycles. The van der Waals surface area contributed by atoms with E-state index in [1.165, 1.54) is 6.07 Å². The summed E-state index contributed by atoms with van der Waals surface area (Å²) in [7, 11) is 0. The summed E-state index contributed by atoms with van der Waals surface area (Å²) in [6.07, 6.45) is 0.884. The van der Waals surface area contributed by atoms with Gasteiger partial charge in [-0.25, -0.2) is 9.37 Å². The molecule has 1 N–H and O–H groups in total. The molecule has 0 saturated heterocycles. The minimum Gasteiger partial charge on any atom is -0.338 e. The predicted molar refractivity (Wildman–Crippen MR) is 131 cm³/mol. The number of nitrogens with zero attached hydrogens (tertiary/aromatic N) is 5. The Balaban J connectivity index is 1.80. The van der Waals surface area contributed by atoms with Crippen LogP contribution < -0.4 is 5.32 Å². The van der Waals surface area contributed by atoms with Gasteiger partial charge in [0, 0.05) is 25.7 Å². The minimum atomic E-state index is -0.514. The number of carbonyl (C=O) groups excluding carboxylic acids is 1. The van der Waals surface area contributed by atoms with Crippen molar-refractivity contribution in [1.82, 2.24) is 29.9 Å². The zero-order valence-electron chi connectivity index (χ0n) is 21.6. The van der Waals surface area contributed by atoms with Gasteiger partial charge in [-0.3, -0.25) is 9.69 Å². The van der Waals surface area contributed by atoms with Crippen molar-refractivity contribution >= 4 is 5.91 Å². The lowest BCUT2D eigenvalue weighted by atomic mass is 9.86. The fourth-order valence-electron chi connectivity index (χ4n) is 4.50. The molecule has 2 aromatic heterocycles. The number of aryl methyl sites for hydroxylation is 2. The van der Waals surface area contributed by atoms with Crippen LogP contribution in [0.2, 0.25) is 0 Å². The number of amides is 1. The zero-order chi connectivity index (χ0) is 25.5. The number of hydrogen-bond donors (Lipinski definition) is 1. The molecule has 8 nitrogen and oxygen atoms in total. The summed E-state index contributed by atoms with van der Waals surface area (Å²) in [6, 6.07) is 4.90. The van der Waals surface area contributed by atoms with Crippen molar-refractivity contribution in [2.75, 3.05) is 6.54 Å². The topological polar surface area (TPSA) is 89.1 Å². The Kier molecular flexibility index (Phi) is 6.81. The Morgan fingerprint density at radius 2 is 1.91 bits per heavy atom. The van der Waals surface area contributed by atoms with Crippen LogP contribution in [-0.2, 0) is 13.1 Å². The van der Waals surface area contributed by atoms with Gasteiger partial charge in [0.1, 0.15) is 17.7 Å². The zero-order valence-corrected chi connectivity index (χ0v) is 21.6. The van der Waals surface area contributed by atoms with Gasteiger partial charge in [0.25, 0.3) is 5.91 Å². The molecule has 3 heterocycles. The van der Waals surface area contributed by atoms with Gasteiger partial charge in [-0.15, -0.1) is 0 Å². The maximum Gasteiger partial charge on any atom is 0.272 e. The van der Waals surface area contributed by atoms with Gasteiger partial charge in [0.05, 0.1) is 11.3 Å². The molecule has 0 radical (unpaired) electrons. The molecule has 3 aromatic rings. The standard InChI is InChI=1S/C26H35FN6O2/c1-15(2)32-11-8-12-33-20(14-32)21(29-23(33)18-10-9-16(3)13-19(18)27)24(34)30-22(26(5,6)7)25-28-17(4)31-35-25/h9-10,13,15,22H,8,11-12,14H2,1-7H3,(H,30,34)/t22-/m1/s1. The Hall–Kier alpha value is -3.07. The van der Waals surface area contributed by atoms with Gasteiger partial charge in [-0.05, 0) is 57.2 Å². The summed E-state index contributed by atoms with van der Waals surface area (Å²) in [5.41, 5.74) is 1.94. The molecular formula is C26H35FN6O2. The molecule has 188 valence electrons. The molecule has 1 atom stereocenters. The molecule has 0 bridgehead atoms. The molecule has 4 rings (SSSR count). The molecule has 0 fully saturated rings. The summed E-state index contributed by atoms with van der Waals surface area (Å²) < 4.78 is 22.4. The Bertz CT molecular complexity index is 1220. The van der Waals surface area contributed by atoms with E-state index in [9.17, 15) is 4.79 Å². The first-order chi connectivity index (χ1) is 16.5. The van der Waals surface area contributed by atoms with Crippen LogP contribution in [0.3, 0.4) is 0 Å². The number of imidazole rings is 1. The van der Waals surface area contributed by atoms with Crippen LogP contribution in [0.25, 0.3) is 11.4 Å². The van der Waals surface area contributed by atoms with E-state index in [-0.39, 0.29) is 17.1 Å². The van der Waals surface area contributed by atoms with Crippen LogP contribution in [-0.4, -0.2) is 43.1 Å². The van der Waals surface area contributed by atoms with Crippen LogP contribution in [0.15, 0.2) is 22.7 Å². The van der Waals surface area contributed by atoms with E-state index in [4.69, 9.17) is 9.51 Å². The van der Waals surface area contributed by atoms with E-state index in [0.29, 0.717) is 47.9 Å². The second-order valence-electron chi connectivity index (χ2n) is 10.7. The van der Waals surface area contributed by atoms with Gasteiger partial charge in [-0.1, -0.05) is 32.0 Å². The average Bonchev–Trinajstić information content (AvgIpc) is 3.26. The third-order valence-electron chi connectivity index (χ3n) is 6.49. The Morgan fingerprint density at radius 3 is 2.51 bits per heavy atom. The van der Waals surface area contributed by atoms with Crippen molar-refractivity contribution in [3.8, 4) is 11.4 Å². The van der Waals surface area contributed by atoms with Crippen molar-refractivity contribution in [3.63, 3.8) is 0 Å². The highest BCUT2D eigenvalue weighted by atomic mass is 19.1. The number of aromatic nitrogens is 4. The van der Waals surface area contributed by atoms with E-state index in [1.54, 1.807) is 13.0 Å². The minimum absolute atomic E-state index is 0.301. The maximum atomic E-state index is 15.0. The number of rotatable bonds is 5. The predicted octanol–water partition coefficient (Wildman–Crippen LogP) is 4.82.